The van der Waals surface area contributed by atoms with Gasteiger partial charge < -0.3 is 20.8 Å². The van der Waals surface area contributed by atoms with Gasteiger partial charge in [-0.15, -0.1) is 0 Å². The standard InChI is InChI=1S/C19H16F6N2O4/c1-9(28)26-13-3-11(5-15(30)7-13)17(18(20,21)22,19(23,24)25)12-4-14(27-10(2)29)8-16(31)6-12/h3-8,30-31H,1-2H3,(H,26,28)(H,27,29). The Hall–Kier alpha value is -3.44. The highest BCUT2D eigenvalue weighted by atomic mass is 19.4. The highest BCUT2D eigenvalue weighted by Gasteiger charge is 2.72. The number of anilines is 2. The molecule has 31 heavy (non-hydrogen) atoms. The molecule has 2 aromatic rings. The van der Waals surface area contributed by atoms with Crippen molar-refractivity contribution in [3.8, 4) is 11.5 Å². The van der Waals surface area contributed by atoms with Crippen molar-refractivity contribution in [1.29, 1.82) is 0 Å². The van der Waals surface area contributed by atoms with Gasteiger partial charge in [-0.25, -0.2) is 0 Å². The van der Waals surface area contributed by atoms with E-state index in [-0.39, 0.29) is 12.1 Å². The van der Waals surface area contributed by atoms with Crippen LogP contribution >= 0.6 is 0 Å². The lowest BCUT2D eigenvalue weighted by Gasteiger charge is -2.38. The van der Waals surface area contributed by atoms with Crippen molar-refractivity contribution in [2.75, 3.05) is 10.6 Å². The number of hydrogen-bond donors (Lipinski definition) is 4. The summed E-state index contributed by atoms with van der Waals surface area (Å²) < 4.78 is 85.4. The van der Waals surface area contributed by atoms with Crippen LogP contribution in [0.4, 0.5) is 37.7 Å². The summed E-state index contributed by atoms with van der Waals surface area (Å²) in [5.74, 6) is -3.54. The highest BCUT2D eigenvalue weighted by Crippen LogP contribution is 2.57. The van der Waals surface area contributed by atoms with Gasteiger partial charge >= 0.3 is 12.4 Å². The number of carbonyl (C=O) groups is 2. The maximum atomic E-state index is 14.2. The van der Waals surface area contributed by atoms with E-state index in [1.807, 2.05) is 10.6 Å². The maximum absolute atomic E-state index is 14.2. The summed E-state index contributed by atoms with van der Waals surface area (Å²) in [5, 5.41) is 23.6. The molecule has 0 saturated heterocycles. The Kier molecular flexibility index (Phi) is 6.15. The number of nitrogens with one attached hydrogen (secondary N) is 2. The SMILES string of the molecule is CC(=O)Nc1cc(O)cc(C(c2cc(O)cc(NC(C)=O)c2)(C(F)(F)F)C(F)(F)F)c1. The van der Waals surface area contributed by atoms with Crippen molar-refractivity contribution in [1.82, 2.24) is 0 Å². The number of phenolic OH excluding ortho intramolecular Hbond substituents is 2. The summed E-state index contributed by atoms with van der Waals surface area (Å²) in [6.07, 6.45) is -12.0. The van der Waals surface area contributed by atoms with Crippen LogP contribution in [-0.2, 0) is 15.0 Å². The van der Waals surface area contributed by atoms with E-state index in [2.05, 4.69) is 0 Å². The number of rotatable bonds is 4. The van der Waals surface area contributed by atoms with Crippen molar-refractivity contribution >= 4 is 23.2 Å². The first-order chi connectivity index (χ1) is 14.1. The van der Waals surface area contributed by atoms with E-state index in [9.17, 15) is 46.1 Å². The smallest absolute Gasteiger partial charge is 0.411 e. The molecule has 0 aromatic heterocycles. The topological polar surface area (TPSA) is 98.7 Å². The van der Waals surface area contributed by atoms with Crippen LogP contribution in [0.2, 0.25) is 0 Å². The molecule has 0 radical (unpaired) electrons. The van der Waals surface area contributed by atoms with Gasteiger partial charge in [0, 0.05) is 37.4 Å². The first-order valence-corrected chi connectivity index (χ1v) is 8.45. The van der Waals surface area contributed by atoms with E-state index in [1.54, 1.807) is 0 Å². The second-order valence-electron chi connectivity index (χ2n) is 6.65. The number of halogens is 6. The van der Waals surface area contributed by atoms with Crippen LogP contribution in [0.3, 0.4) is 0 Å². The van der Waals surface area contributed by atoms with Crippen LogP contribution < -0.4 is 10.6 Å². The minimum atomic E-state index is -6.02. The molecule has 0 heterocycles. The van der Waals surface area contributed by atoms with Gasteiger partial charge in [-0.2, -0.15) is 26.3 Å². The molecule has 0 aliphatic heterocycles. The van der Waals surface area contributed by atoms with E-state index < -0.39 is 63.6 Å². The van der Waals surface area contributed by atoms with Crippen LogP contribution in [-0.4, -0.2) is 34.4 Å². The van der Waals surface area contributed by atoms with Crippen molar-refractivity contribution in [3.63, 3.8) is 0 Å². The van der Waals surface area contributed by atoms with Crippen molar-refractivity contribution in [3.05, 3.63) is 47.5 Å². The lowest BCUT2D eigenvalue weighted by atomic mass is 9.72. The molecule has 2 amide bonds. The molecule has 168 valence electrons. The fourth-order valence-electron chi connectivity index (χ4n) is 3.19. The lowest BCUT2D eigenvalue weighted by Crippen LogP contribution is -2.54. The fourth-order valence-corrected chi connectivity index (χ4v) is 3.19. The molecule has 2 aromatic carbocycles. The Bertz CT molecular complexity index is 936. The largest absolute Gasteiger partial charge is 0.508 e. The molecule has 0 bridgehead atoms. The van der Waals surface area contributed by atoms with Gasteiger partial charge in [0.1, 0.15) is 11.5 Å². The zero-order valence-electron chi connectivity index (χ0n) is 15.9. The number of hydrogen-bond acceptors (Lipinski definition) is 4. The normalized spacial score (nSPS) is 12.4. The first-order valence-electron chi connectivity index (χ1n) is 8.45. The Morgan fingerprint density at radius 1 is 0.677 bits per heavy atom. The lowest BCUT2D eigenvalue weighted by molar-refractivity contribution is -0.288. The third kappa shape index (κ3) is 4.67. The van der Waals surface area contributed by atoms with Crippen molar-refractivity contribution in [2.24, 2.45) is 0 Å². The fraction of sp³-hybridized carbons (Fsp3) is 0.263. The molecule has 6 nitrogen and oxygen atoms in total. The summed E-state index contributed by atoms with van der Waals surface area (Å²) in [7, 11) is 0. The maximum Gasteiger partial charge on any atom is 0.411 e. The molecule has 12 heteroatoms. The van der Waals surface area contributed by atoms with Gasteiger partial charge in [0.05, 0.1) is 0 Å². The Labute approximate surface area is 171 Å². The van der Waals surface area contributed by atoms with Gasteiger partial charge in [-0.1, -0.05) is 0 Å². The van der Waals surface area contributed by atoms with Crippen LogP contribution in [0.15, 0.2) is 36.4 Å². The number of amides is 2. The number of carbonyl (C=O) groups excluding carboxylic acids is 2. The van der Waals surface area contributed by atoms with E-state index in [0.717, 1.165) is 26.0 Å². The summed E-state index contributed by atoms with van der Waals surface area (Å²) in [4.78, 5) is 22.5. The average Bonchev–Trinajstić information content (AvgIpc) is 2.49. The number of benzene rings is 2. The van der Waals surface area contributed by atoms with Gasteiger partial charge in [0.2, 0.25) is 17.2 Å². The monoisotopic (exact) mass is 450 g/mol. The van der Waals surface area contributed by atoms with E-state index in [4.69, 9.17) is 0 Å². The predicted molar refractivity (Wildman–Crippen MR) is 97.7 cm³/mol. The van der Waals surface area contributed by atoms with Gasteiger partial charge in [-0.05, 0) is 35.4 Å². The third-order valence-corrected chi connectivity index (χ3v) is 4.19. The summed E-state index contributed by atoms with van der Waals surface area (Å²) in [6, 6.07) is 2.90. The summed E-state index contributed by atoms with van der Waals surface area (Å²) in [5.41, 5.74) is -8.67. The molecule has 0 aliphatic rings. The second-order valence-corrected chi connectivity index (χ2v) is 6.65. The summed E-state index contributed by atoms with van der Waals surface area (Å²) in [6.45, 7) is 1.94. The minimum absolute atomic E-state index is 0.258. The van der Waals surface area contributed by atoms with E-state index in [0.29, 0.717) is 12.1 Å². The van der Waals surface area contributed by atoms with Gasteiger partial charge in [0.25, 0.3) is 0 Å². The van der Waals surface area contributed by atoms with Gasteiger partial charge in [0.15, 0.2) is 0 Å². The van der Waals surface area contributed by atoms with Crippen molar-refractivity contribution in [2.45, 2.75) is 31.6 Å². The Morgan fingerprint density at radius 3 is 1.26 bits per heavy atom. The molecule has 0 aliphatic carbocycles. The highest BCUT2D eigenvalue weighted by molar-refractivity contribution is 5.90. The number of alkyl halides is 6. The quantitative estimate of drug-likeness (QED) is 0.518. The zero-order valence-corrected chi connectivity index (χ0v) is 15.9. The zero-order chi connectivity index (χ0) is 23.8. The molecule has 0 spiro atoms. The predicted octanol–water partition coefficient (Wildman–Crippen LogP) is 4.43. The molecular weight excluding hydrogens is 434 g/mol. The summed E-state index contributed by atoms with van der Waals surface area (Å²) >= 11 is 0. The van der Waals surface area contributed by atoms with E-state index in [1.165, 1.54) is 0 Å². The second kappa shape index (κ2) is 8.00. The van der Waals surface area contributed by atoms with E-state index >= 15 is 0 Å². The van der Waals surface area contributed by atoms with Crippen LogP contribution in [0.5, 0.6) is 11.5 Å². The minimum Gasteiger partial charge on any atom is -0.508 e. The van der Waals surface area contributed by atoms with Crippen LogP contribution in [0.1, 0.15) is 25.0 Å². The third-order valence-electron chi connectivity index (χ3n) is 4.19. The van der Waals surface area contributed by atoms with Crippen LogP contribution in [0.25, 0.3) is 0 Å². The molecule has 0 atom stereocenters. The van der Waals surface area contributed by atoms with Gasteiger partial charge in [-0.3, -0.25) is 9.59 Å². The molecular formula is C19H16F6N2O4. The van der Waals surface area contributed by atoms with Crippen molar-refractivity contribution < 1.29 is 46.1 Å². The number of aromatic hydroxyl groups is 2. The molecule has 0 unspecified atom stereocenters. The Morgan fingerprint density at radius 2 is 1.00 bits per heavy atom. The Balaban J connectivity index is 2.97. The molecule has 2 rings (SSSR count). The average molecular weight is 450 g/mol. The molecule has 0 fully saturated rings. The number of phenols is 2. The van der Waals surface area contributed by atoms with Crippen LogP contribution in [0, 0.1) is 0 Å². The first kappa shape index (κ1) is 23.8. The molecule has 0 saturated carbocycles. The molecule has 4 N–H and O–H groups in total.